The summed E-state index contributed by atoms with van der Waals surface area (Å²) in [5.74, 6) is 0. The highest BCUT2D eigenvalue weighted by atomic mass is 16.2. The summed E-state index contributed by atoms with van der Waals surface area (Å²) in [4.78, 5) is 3.11. The minimum atomic E-state index is -0.402. The second-order valence-electron chi connectivity index (χ2n) is 2.97. The zero-order valence-electron chi connectivity index (χ0n) is 6.91. The first-order chi connectivity index (χ1) is 5.79. The lowest BCUT2D eigenvalue weighted by molar-refractivity contribution is 0.594. The molecule has 0 bridgehead atoms. The summed E-state index contributed by atoms with van der Waals surface area (Å²) in [5.41, 5.74) is 2.04. The molecule has 0 aliphatic carbocycles. The highest BCUT2D eigenvalue weighted by molar-refractivity contribution is 6.67. The Balaban J connectivity index is 2.70. The topological polar surface area (TPSA) is 36.0 Å². The van der Waals surface area contributed by atoms with E-state index in [0.29, 0.717) is 0 Å². The van der Waals surface area contributed by atoms with Gasteiger partial charge < -0.3 is 10.0 Å². The van der Waals surface area contributed by atoms with Crippen molar-refractivity contribution in [3.8, 4) is 0 Å². The van der Waals surface area contributed by atoms with Crippen molar-refractivity contribution < 1.29 is 5.02 Å². The fourth-order valence-electron chi connectivity index (χ4n) is 1.44. The van der Waals surface area contributed by atoms with Gasteiger partial charge in [-0.2, -0.15) is 0 Å². The molecular weight excluding hydrogens is 149 g/mol. The predicted molar refractivity (Wildman–Crippen MR) is 51.8 cm³/mol. The molecule has 0 amide bonds. The number of para-hydroxylation sites is 1. The number of nitrogens with one attached hydrogen (secondary N) is 1. The van der Waals surface area contributed by atoms with Crippen molar-refractivity contribution in [2.24, 2.45) is 0 Å². The molecule has 12 heavy (non-hydrogen) atoms. The van der Waals surface area contributed by atoms with Crippen LogP contribution in [0.5, 0.6) is 0 Å². The molecule has 0 unspecified atom stereocenters. The molecule has 60 valence electrons. The van der Waals surface area contributed by atoms with Crippen LogP contribution in [0, 0.1) is 0 Å². The predicted octanol–water partition coefficient (Wildman–Crippen LogP) is 0.989. The van der Waals surface area contributed by atoms with Gasteiger partial charge >= 0.3 is 6.92 Å². The van der Waals surface area contributed by atoms with Gasteiger partial charge in [0, 0.05) is 5.52 Å². The molecule has 0 spiro atoms. The number of rotatable bonds is 1. The highest BCUT2D eigenvalue weighted by Crippen LogP contribution is 2.08. The molecule has 0 atom stereocenters. The molecule has 0 aliphatic rings. The van der Waals surface area contributed by atoms with Crippen molar-refractivity contribution in [3.63, 3.8) is 0 Å². The van der Waals surface area contributed by atoms with Crippen molar-refractivity contribution in [1.29, 1.82) is 0 Å². The van der Waals surface area contributed by atoms with E-state index in [1.54, 1.807) is 6.82 Å². The largest absolute Gasteiger partial charge is 0.446 e. The normalized spacial score (nSPS) is 10.5. The summed E-state index contributed by atoms with van der Waals surface area (Å²) in [6.07, 6.45) is 1.86. The minimum absolute atomic E-state index is 0.402. The van der Waals surface area contributed by atoms with Crippen LogP contribution in [0.3, 0.4) is 0 Å². The van der Waals surface area contributed by atoms with E-state index in [9.17, 15) is 5.02 Å². The fraction of sp³-hybridized carbons (Fsp3) is 0.111. The van der Waals surface area contributed by atoms with E-state index in [0.717, 1.165) is 16.4 Å². The van der Waals surface area contributed by atoms with Gasteiger partial charge in [0.1, 0.15) is 0 Å². The van der Waals surface area contributed by atoms with Crippen molar-refractivity contribution in [2.75, 3.05) is 0 Å². The quantitative estimate of drug-likeness (QED) is 0.598. The molecule has 2 rings (SSSR count). The molecule has 2 aromatic rings. The first-order valence-electron chi connectivity index (χ1n) is 4.03. The summed E-state index contributed by atoms with van der Waals surface area (Å²) in [5, 5.41) is 10.5. The summed E-state index contributed by atoms with van der Waals surface area (Å²) in [6, 6.07) is 7.96. The Hall–Kier alpha value is -1.22. The van der Waals surface area contributed by atoms with Gasteiger partial charge in [-0.3, -0.25) is 0 Å². The molecule has 1 aromatic carbocycles. The van der Waals surface area contributed by atoms with E-state index in [-0.39, 0.29) is 0 Å². The van der Waals surface area contributed by atoms with E-state index in [1.807, 2.05) is 30.5 Å². The number of aromatic nitrogens is 1. The molecule has 0 aliphatic heterocycles. The average Bonchev–Trinajstić information content (AvgIpc) is 2.47. The zero-order chi connectivity index (χ0) is 8.55. The van der Waals surface area contributed by atoms with Crippen molar-refractivity contribution >= 4 is 23.3 Å². The highest BCUT2D eigenvalue weighted by Gasteiger charge is 2.10. The van der Waals surface area contributed by atoms with Crippen LogP contribution in [0.25, 0.3) is 10.9 Å². The summed E-state index contributed by atoms with van der Waals surface area (Å²) in [7, 11) is 0. The maximum Gasteiger partial charge on any atom is 0.322 e. The molecule has 0 saturated carbocycles. The van der Waals surface area contributed by atoms with E-state index < -0.39 is 6.92 Å². The standard InChI is InChI=1S/C9H10BNO/c1-10(12)8-6-11-9-5-3-2-4-7(8)9/h2-6,11-12H,1H3. The van der Waals surface area contributed by atoms with Gasteiger partial charge in [0.2, 0.25) is 0 Å². The van der Waals surface area contributed by atoms with Crippen molar-refractivity contribution in [2.45, 2.75) is 6.82 Å². The van der Waals surface area contributed by atoms with E-state index >= 15 is 0 Å². The molecule has 3 heteroatoms. The van der Waals surface area contributed by atoms with Gasteiger partial charge in [0.15, 0.2) is 0 Å². The molecule has 2 N–H and O–H groups in total. The van der Waals surface area contributed by atoms with E-state index in [4.69, 9.17) is 0 Å². The molecule has 1 heterocycles. The lowest BCUT2D eigenvalue weighted by Gasteiger charge is -1.95. The Morgan fingerprint density at radius 3 is 2.83 bits per heavy atom. The second-order valence-corrected chi connectivity index (χ2v) is 2.97. The molecule has 0 fully saturated rings. The van der Waals surface area contributed by atoms with Crippen molar-refractivity contribution in [1.82, 2.24) is 4.98 Å². The van der Waals surface area contributed by atoms with E-state index in [1.165, 1.54) is 0 Å². The lowest BCUT2D eigenvalue weighted by atomic mass is 9.64. The fourth-order valence-corrected chi connectivity index (χ4v) is 1.44. The first kappa shape index (κ1) is 7.43. The number of hydrogen-bond donors (Lipinski definition) is 2. The van der Waals surface area contributed by atoms with Crippen LogP contribution >= 0.6 is 0 Å². The van der Waals surface area contributed by atoms with Crippen LogP contribution in [0.15, 0.2) is 30.5 Å². The summed E-state index contributed by atoms with van der Waals surface area (Å²) in [6.45, 7) is 1.37. The number of H-pyrrole nitrogens is 1. The maximum absolute atomic E-state index is 9.39. The zero-order valence-corrected chi connectivity index (χ0v) is 6.91. The second kappa shape index (κ2) is 2.68. The SMILES string of the molecule is CB(O)c1c[nH]c2ccccc12. The lowest BCUT2D eigenvalue weighted by Crippen LogP contribution is -2.24. The van der Waals surface area contributed by atoms with Crippen LogP contribution in [0.1, 0.15) is 0 Å². The third kappa shape index (κ3) is 1.03. The Bertz CT molecular complexity index is 394. The average molecular weight is 159 g/mol. The molecular formula is C9H10BNO. The maximum atomic E-state index is 9.39. The third-order valence-corrected chi connectivity index (χ3v) is 2.07. The molecule has 0 radical (unpaired) electrons. The Morgan fingerprint density at radius 1 is 1.33 bits per heavy atom. The van der Waals surface area contributed by atoms with Gasteiger partial charge in [-0.25, -0.2) is 0 Å². The third-order valence-electron chi connectivity index (χ3n) is 2.07. The summed E-state index contributed by atoms with van der Waals surface area (Å²) < 4.78 is 0. The Kier molecular flexibility index (Phi) is 1.66. The number of benzene rings is 1. The van der Waals surface area contributed by atoms with Crippen LogP contribution in [-0.4, -0.2) is 16.9 Å². The van der Waals surface area contributed by atoms with Gasteiger partial charge in [0.05, 0.1) is 0 Å². The van der Waals surface area contributed by atoms with Crippen LogP contribution in [0.2, 0.25) is 6.82 Å². The van der Waals surface area contributed by atoms with Crippen LogP contribution in [-0.2, 0) is 0 Å². The van der Waals surface area contributed by atoms with Gasteiger partial charge in [-0.15, -0.1) is 0 Å². The number of hydrogen-bond acceptors (Lipinski definition) is 1. The van der Waals surface area contributed by atoms with Crippen LogP contribution < -0.4 is 5.46 Å². The number of aromatic amines is 1. The van der Waals surface area contributed by atoms with Gasteiger partial charge in [-0.05, 0) is 23.1 Å². The number of fused-ring (bicyclic) bond motifs is 1. The minimum Gasteiger partial charge on any atom is -0.446 e. The smallest absolute Gasteiger partial charge is 0.322 e. The summed E-state index contributed by atoms with van der Waals surface area (Å²) >= 11 is 0. The van der Waals surface area contributed by atoms with Gasteiger partial charge in [-0.1, -0.05) is 25.0 Å². The van der Waals surface area contributed by atoms with Gasteiger partial charge in [0.25, 0.3) is 0 Å². The monoisotopic (exact) mass is 159 g/mol. The molecule has 1 aromatic heterocycles. The van der Waals surface area contributed by atoms with Crippen molar-refractivity contribution in [3.05, 3.63) is 30.5 Å². The van der Waals surface area contributed by atoms with E-state index in [2.05, 4.69) is 4.98 Å². The Labute approximate surface area is 71.3 Å². The Morgan fingerprint density at radius 2 is 2.08 bits per heavy atom. The molecule has 0 saturated heterocycles. The first-order valence-corrected chi connectivity index (χ1v) is 4.03. The molecule has 2 nitrogen and oxygen atoms in total. The van der Waals surface area contributed by atoms with Crippen LogP contribution in [0.4, 0.5) is 0 Å².